The summed E-state index contributed by atoms with van der Waals surface area (Å²) >= 11 is 0. The number of carboxylic acids is 1. The van der Waals surface area contributed by atoms with Crippen LogP contribution in [-0.4, -0.2) is 35.0 Å². The summed E-state index contributed by atoms with van der Waals surface area (Å²) in [5, 5.41) is 9.16. The van der Waals surface area contributed by atoms with E-state index in [2.05, 4.69) is 13.8 Å². The van der Waals surface area contributed by atoms with E-state index in [1.165, 1.54) is 0 Å². The van der Waals surface area contributed by atoms with Gasteiger partial charge in [-0.1, -0.05) is 20.3 Å². The standard InChI is InChI=1S/C14H23NO3/c1-9-6-10(2)8-15(7-9)13(16)11-4-3-5-12(11)14(17)18/h9-12H,3-8H2,1-2H3,(H,17,18)/t9?,10?,11-,12+/m1/s1. The van der Waals surface area contributed by atoms with Gasteiger partial charge < -0.3 is 10.0 Å². The van der Waals surface area contributed by atoms with Crippen molar-refractivity contribution in [3.05, 3.63) is 0 Å². The second-order valence-corrected chi connectivity index (χ2v) is 6.17. The molecule has 0 bridgehead atoms. The largest absolute Gasteiger partial charge is 0.481 e. The van der Waals surface area contributed by atoms with Gasteiger partial charge >= 0.3 is 5.97 Å². The summed E-state index contributed by atoms with van der Waals surface area (Å²) in [5.74, 6) is -0.392. The highest BCUT2D eigenvalue weighted by atomic mass is 16.4. The molecule has 0 aromatic carbocycles. The molecule has 0 aromatic rings. The van der Waals surface area contributed by atoms with Crippen LogP contribution in [0.3, 0.4) is 0 Å². The lowest BCUT2D eigenvalue weighted by atomic mass is 9.89. The van der Waals surface area contributed by atoms with Gasteiger partial charge in [0.2, 0.25) is 5.91 Å². The van der Waals surface area contributed by atoms with Crippen LogP contribution in [0.1, 0.15) is 39.5 Å². The quantitative estimate of drug-likeness (QED) is 0.818. The van der Waals surface area contributed by atoms with E-state index >= 15 is 0 Å². The summed E-state index contributed by atoms with van der Waals surface area (Å²) < 4.78 is 0. The number of carboxylic acid groups (broad SMARTS) is 1. The van der Waals surface area contributed by atoms with Crippen molar-refractivity contribution in [2.24, 2.45) is 23.7 Å². The Morgan fingerprint density at radius 1 is 1.06 bits per heavy atom. The maximum Gasteiger partial charge on any atom is 0.307 e. The van der Waals surface area contributed by atoms with Gasteiger partial charge in [-0.2, -0.15) is 0 Å². The molecule has 1 saturated heterocycles. The average Bonchev–Trinajstić information content (AvgIpc) is 2.75. The minimum atomic E-state index is -0.802. The Hall–Kier alpha value is -1.06. The molecule has 2 aliphatic rings. The SMILES string of the molecule is CC1CC(C)CN(C(=O)[C@@H]2CCC[C@@H]2C(=O)O)C1. The highest BCUT2D eigenvalue weighted by molar-refractivity contribution is 5.85. The lowest BCUT2D eigenvalue weighted by Gasteiger charge is -2.37. The van der Waals surface area contributed by atoms with E-state index in [4.69, 9.17) is 5.11 Å². The molecule has 1 amide bonds. The Morgan fingerprint density at radius 2 is 1.61 bits per heavy atom. The number of hydrogen-bond acceptors (Lipinski definition) is 2. The van der Waals surface area contributed by atoms with E-state index in [1.54, 1.807) is 0 Å². The molecule has 1 aliphatic heterocycles. The molecule has 2 fully saturated rings. The highest BCUT2D eigenvalue weighted by Crippen LogP contribution is 2.34. The van der Waals surface area contributed by atoms with E-state index < -0.39 is 11.9 Å². The second kappa shape index (κ2) is 5.29. The van der Waals surface area contributed by atoms with Crippen LogP contribution in [0, 0.1) is 23.7 Å². The van der Waals surface area contributed by atoms with Crippen LogP contribution in [0.5, 0.6) is 0 Å². The number of nitrogens with zero attached hydrogens (tertiary/aromatic N) is 1. The molecule has 4 atom stereocenters. The molecule has 1 aliphatic carbocycles. The Labute approximate surface area is 108 Å². The topological polar surface area (TPSA) is 57.6 Å². The van der Waals surface area contributed by atoms with Gasteiger partial charge in [-0.15, -0.1) is 0 Å². The van der Waals surface area contributed by atoms with Crippen molar-refractivity contribution in [2.75, 3.05) is 13.1 Å². The third-order valence-electron chi connectivity index (χ3n) is 4.33. The Kier molecular flexibility index (Phi) is 3.93. The predicted octanol–water partition coefficient (Wildman–Crippen LogP) is 1.99. The fourth-order valence-corrected chi connectivity index (χ4v) is 3.63. The maximum atomic E-state index is 12.5. The first-order chi connectivity index (χ1) is 8.49. The van der Waals surface area contributed by atoms with Crippen LogP contribution < -0.4 is 0 Å². The fraction of sp³-hybridized carbons (Fsp3) is 0.857. The van der Waals surface area contributed by atoms with Crippen LogP contribution >= 0.6 is 0 Å². The highest BCUT2D eigenvalue weighted by Gasteiger charge is 2.40. The van der Waals surface area contributed by atoms with Gasteiger partial charge in [-0.05, 0) is 31.1 Å². The molecule has 18 heavy (non-hydrogen) atoms. The molecule has 102 valence electrons. The number of piperidine rings is 1. The fourth-order valence-electron chi connectivity index (χ4n) is 3.63. The Bertz CT molecular complexity index is 332. The molecule has 0 aromatic heterocycles. The first-order valence-corrected chi connectivity index (χ1v) is 7.00. The minimum Gasteiger partial charge on any atom is -0.481 e. The molecule has 4 heteroatoms. The van der Waals surface area contributed by atoms with Gasteiger partial charge in [0.05, 0.1) is 11.8 Å². The van der Waals surface area contributed by atoms with Crippen LogP contribution in [0.4, 0.5) is 0 Å². The summed E-state index contributed by atoms with van der Waals surface area (Å²) in [4.78, 5) is 25.5. The van der Waals surface area contributed by atoms with Crippen molar-refractivity contribution in [1.29, 1.82) is 0 Å². The molecular formula is C14H23NO3. The van der Waals surface area contributed by atoms with E-state index in [0.29, 0.717) is 18.3 Å². The number of aliphatic carboxylic acids is 1. The predicted molar refractivity (Wildman–Crippen MR) is 68.0 cm³/mol. The molecule has 4 nitrogen and oxygen atoms in total. The number of carbonyl (C=O) groups excluding carboxylic acids is 1. The lowest BCUT2D eigenvalue weighted by molar-refractivity contribution is -0.150. The molecule has 1 heterocycles. The minimum absolute atomic E-state index is 0.0818. The number of likely N-dealkylation sites (tertiary alicyclic amines) is 1. The summed E-state index contributed by atoms with van der Waals surface area (Å²) in [5.41, 5.74) is 0. The summed E-state index contributed by atoms with van der Waals surface area (Å²) in [6.07, 6.45) is 3.43. The maximum absolute atomic E-state index is 12.5. The zero-order chi connectivity index (χ0) is 13.3. The summed E-state index contributed by atoms with van der Waals surface area (Å²) in [6, 6.07) is 0. The average molecular weight is 253 g/mol. The van der Waals surface area contributed by atoms with Crippen LogP contribution in [0.2, 0.25) is 0 Å². The molecule has 1 saturated carbocycles. The number of rotatable bonds is 2. The molecule has 2 unspecified atom stereocenters. The summed E-state index contributed by atoms with van der Waals surface area (Å²) in [6.45, 7) is 5.93. The Morgan fingerprint density at radius 3 is 2.17 bits per heavy atom. The van der Waals surface area contributed by atoms with Gasteiger partial charge in [-0.25, -0.2) is 0 Å². The van der Waals surface area contributed by atoms with E-state index in [1.807, 2.05) is 4.90 Å². The second-order valence-electron chi connectivity index (χ2n) is 6.17. The van der Waals surface area contributed by atoms with Gasteiger partial charge in [0.1, 0.15) is 0 Å². The normalized spacial score (nSPS) is 36.7. The first kappa shape index (κ1) is 13.4. The van der Waals surface area contributed by atoms with Crippen LogP contribution in [-0.2, 0) is 9.59 Å². The summed E-state index contributed by atoms with van der Waals surface area (Å²) in [7, 11) is 0. The van der Waals surface area contributed by atoms with Crippen molar-refractivity contribution in [3.63, 3.8) is 0 Å². The zero-order valence-electron chi connectivity index (χ0n) is 11.3. The van der Waals surface area contributed by atoms with Gasteiger partial charge in [-0.3, -0.25) is 9.59 Å². The van der Waals surface area contributed by atoms with Gasteiger partial charge in [0, 0.05) is 13.1 Å². The number of hydrogen-bond donors (Lipinski definition) is 1. The third-order valence-corrected chi connectivity index (χ3v) is 4.33. The monoisotopic (exact) mass is 253 g/mol. The third kappa shape index (κ3) is 2.68. The van der Waals surface area contributed by atoms with E-state index in [0.717, 1.165) is 32.4 Å². The molecule has 0 radical (unpaired) electrons. The van der Waals surface area contributed by atoms with Crippen LogP contribution in [0.15, 0.2) is 0 Å². The van der Waals surface area contributed by atoms with Crippen LogP contribution in [0.25, 0.3) is 0 Å². The van der Waals surface area contributed by atoms with Crippen molar-refractivity contribution in [2.45, 2.75) is 39.5 Å². The van der Waals surface area contributed by atoms with Gasteiger partial charge in [0.15, 0.2) is 0 Å². The van der Waals surface area contributed by atoms with E-state index in [-0.39, 0.29) is 11.8 Å². The molecular weight excluding hydrogens is 230 g/mol. The molecule has 2 rings (SSSR count). The number of carbonyl (C=O) groups is 2. The lowest BCUT2D eigenvalue weighted by Crippen LogP contribution is -2.46. The zero-order valence-corrected chi connectivity index (χ0v) is 11.3. The van der Waals surface area contributed by atoms with Crippen molar-refractivity contribution in [3.8, 4) is 0 Å². The van der Waals surface area contributed by atoms with Crippen molar-refractivity contribution in [1.82, 2.24) is 4.90 Å². The molecule has 1 N–H and O–H groups in total. The van der Waals surface area contributed by atoms with Crippen molar-refractivity contribution >= 4 is 11.9 Å². The Balaban J connectivity index is 2.04. The smallest absolute Gasteiger partial charge is 0.307 e. The first-order valence-electron chi connectivity index (χ1n) is 7.00. The van der Waals surface area contributed by atoms with Gasteiger partial charge in [0.25, 0.3) is 0 Å². The van der Waals surface area contributed by atoms with Crippen molar-refractivity contribution < 1.29 is 14.7 Å². The van der Waals surface area contributed by atoms with E-state index in [9.17, 15) is 9.59 Å². The number of amides is 1. The molecule has 0 spiro atoms.